The molecule has 0 saturated heterocycles. The minimum Gasteiger partial charge on any atom is -0.468 e. The predicted molar refractivity (Wildman–Crippen MR) is 114 cm³/mol. The maximum absolute atomic E-state index is 13.6. The lowest BCUT2D eigenvalue weighted by atomic mass is 9.69. The van der Waals surface area contributed by atoms with E-state index in [0.717, 1.165) is 0 Å². The first kappa shape index (κ1) is 23.2. The normalized spacial score (nSPS) is 22.9. The molecule has 0 saturated carbocycles. The average molecular weight is 442 g/mol. The number of allylic oxidation sites excluding steroid dienone is 3. The van der Waals surface area contributed by atoms with Gasteiger partial charge >= 0.3 is 11.9 Å². The summed E-state index contributed by atoms with van der Waals surface area (Å²) in [6.07, 6.45) is -0.0235. The van der Waals surface area contributed by atoms with Gasteiger partial charge in [0.15, 0.2) is 5.78 Å². The first-order chi connectivity index (χ1) is 15.1. The van der Waals surface area contributed by atoms with Crippen LogP contribution in [0.2, 0.25) is 0 Å². The van der Waals surface area contributed by atoms with Crippen LogP contribution < -0.4 is 5.32 Å². The number of esters is 2. The van der Waals surface area contributed by atoms with Crippen LogP contribution >= 0.6 is 0 Å². The standard InChI is InChI=1S/C23H26N2O7/c1-11(2)32-23(28)18-13(4)24-16-9-12(3)17(22(27)31-5)21(26)20(16)19(18)14-7-6-8-15(10-14)25(29)30/h6-8,10-12,17,19,24H,9H2,1-5H3/t12-,17-,19+/m1/s1. The highest BCUT2D eigenvalue weighted by Crippen LogP contribution is 2.46. The third-order valence-corrected chi connectivity index (χ3v) is 5.72. The zero-order valence-corrected chi connectivity index (χ0v) is 18.6. The summed E-state index contributed by atoms with van der Waals surface area (Å²) in [5, 5.41) is 14.5. The van der Waals surface area contributed by atoms with E-state index in [9.17, 15) is 24.5 Å². The van der Waals surface area contributed by atoms with Crippen molar-refractivity contribution in [1.29, 1.82) is 0 Å². The van der Waals surface area contributed by atoms with Gasteiger partial charge in [0.1, 0.15) is 5.92 Å². The van der Waals surface area contributed by atoms with E-state index in [2.05, 4.69) is 5.32 Å². The number of ether oxygens (including phenoxy) is 2. The van der Waals surface area contributed by atoms with Gasteiger partial charge in [-0.1, -0.05) is 19.1 Å². The number of nitro groups is 1. The van der Waals surface area contributed by atoms with Crippen LogP contribution in [-0.4, -0.2) is 35.9 Å². The molecule has 1 aromatic rings. The van der Waals surface area contributed by atoms with E-state index in [1.54, 1.807) is 33.8 Å². The molecule has 0 radical (unpaired) electrons. The molecule has 1 aromatic carbocycles. The van der Waals surface area contributed by atoms with Gasteiger partial charge in [-0.05, 0) is 38.7 Å². The predicted octanol–water partition coefficient (Wildman–Crippen LogP) is 3.16. The molecular weight excluding hydrogens is 416 g/mol. The molecule has 0 unspecified atom stereocenters. The molecule has 170 valence electrons. The lowest BCUT2D eigenvalue weighted by Crippen LogP contribution is -2.43. The Morgan fingerprint density at radius 3 is 2.56 bits per heavy atom. The number of methoxy groups -OCH3 is 1. The molecule has 0 amide bonds. The summed E-state index contributed by atoms with van der Waals surface area (Å²) in [4.78, 5) is 49.9. The zero-order valence-electron chi connectivity index (χ0n) is 18.6. The first-order valence-electron chi connectivity index (χ1n) is 10.3. The van der Waals surface area contributed by atoms with Crippen molar-refractivity contribution in [1.82, 2.24) is 5.32 Å². The van der Waals surface area contributed by atoms with Crippen LogP contribution in [-0.2, 0) is 23.9 Å². The van der Waals surface area contributed by atoms with Crippen molar-refractivity contribution in [2.24, 2.45) is 11.8 Å². The highest BCUT2D eigenvalue weighted by atomic mass is 16.6. The van der Waals surface area contributed by atoms with Gasteiger partial charge in [0, 0.05) is 35.0 Å². The summed E-state index contributed by atoms with van der Waals surface area (Å²) in [7, 11) is 1.22. The maximum Gasteiger partial charge on any atom is 0.337 e. The van der Waals surface area contributed by atoms with Crippen molar-refractivity contribution in [3.63, 3.8) is 0 Å². The largest absolute Gasteiger partial charge is 0.468 e. The Hall–Kier alpha value is -3.49. The van der Waals surface area contributed by atoms with Crippen LogP contribution in [0.3, 0.4) is 0 Å². The molecule has 1 heterocycles. The number of nitro benzene ring substituents is 1. The third-order valence-electron chi connectivity index (χ3n) is 5.72. The molecule has 9 nitrogen and oxygen atoms in total. The summed E-state index contributed by atoms with van der Waals surface area (Å²) < 4.78 is 10.3. The van der Waals surface area contributed by atoms with E-state index in [4.69, 9.17) is 9.47 Å². The molecule has 1 aliphatic carbocycles. The molecule has 0 bridgehead atoms. The Morgan fingerprint density at radius 2 is 1.97 bits per heavy atom. The van der Waals surface area contributed by atoms with Gasteiger partial charge in [-0.3, -0.25) is 19.7 Å². The monoisotopic (exact) mass is 442 g/mol. The van der Waals surface area contributed by atoms with Crippen molar-refractivity contribution < 1.29 is 28.8 Å². The number of non-ortho nitro benzene ring substituents is 1. The number of hydrogen-bond donors (Lipinski definition) is 1. The number of nitrogens with zero attached hydrogens (tertiary/aromatic N) is 1. The van der Waals surface area contributed by atoms with Crippen molar-refractivity contribution in [3.8, 4) is 0 Å². The van der Waals surface area contributed by atoms with Crippen LogP contribution in [0.25, 0.3) is 0 Å². The second-order valence-electron chi connectivity index (χ2n) is 8.34. The Labute approximate surface area is 185 Å². The minimum absolute atomic E-state index is 0.168. The highest BCUT2D eigenvalue weighted by Gasteiger charge is 2.47. The summed E-state index contributed by atoms with van der Waals surface area (Å²) in [6.45, 7) is 6.90. The molecule has 9 heteroatoms. The summed E-state index contributed by atoms with van der Waals surface area (Å²) >= 11 is 0. The van der Waals surface area contributed by atoms with Gasteiger partial charge in [0.05, 0.1) is 23.7 Å². The molecule has 1 N–H and O–H groups in total. The SMILES string of the molecule is COC(=O)[C@H]1C(=O)C2=C(C[C@H]1C)NC(C)=C(C(=O)OC(C)C)[C@@H]2c1cccc([N+](=O)[O-])c1. The average Bonchev–Trinajstić information content (AvgIpc) is 2.71. The van der Waals surface area contributed by atoms with Gasteiger partial charge in [0.25, 0.3) is 5.69 Å². The summed E-state index contributed by atoms with van der Waals surface area (Å²) in [6, 6.07) is 5.81. The number of dihydropyridines is 1. The van der Waals surface area contributed by atoms with Crippen LogP contribution in [0.1, 0.15) is 45.6 Å². The van der Waals surface area contributed by atoms with Crippen molar-refractivity contribution in [2.75, 3.05) is 7.11 Å². The molecule has 0 fully saturated rings. The van der Waals surface area contributed by atoms with E-state index in [1.807, 2.05) is 0 Å². The fourth-order valence-electron chi connectivity index (χ4n) is 4.38. The molecule has 2 aliphatic rings. The molecule has 3 atom stereocenters. The van der Waals surface area contributed by atoms with E-state index < -0.39 is 40.6 Å². The minimum atomic E-state index is -1.03. The highest BCUT2D eigenvalue weighted by molar-refractivity contribution is 6.12. The van der Waals surface area contributed by atoms with E-state index in [0.29, 0.717) is 23.4 Å². The lowest BCUT2D eigenvalue weighted by Gasteiger charge is -2.38. The fourth-order valence-corrected chi connectivity index (χ4v) is 4.38. The number of nitrogens with one attached hydrogen (secondary N) is 1. The van der Waals surface area contributed by atoms with Gasteiger partial charge in [-0.15, -0.1) is 0 Å². The number of ketones is 1. The van der Waals surface area contributed by atoms with Crippen molar-refractivity contribution in [2.45, 2.75) is 46.1 Å². The van der Waals surface area contributed by atoms with Gasteiger partial charge < -0.3 is 14.8 Å². The maximum atomic E-state index is 13.6. The van der Waals surface area contributed by atoms with Crippen molar-refractivity contribution >= 4 is 23.4 Å². The molecule has 0 aromatic heterocycles. The molecular formula is C23H26N2O7. The van der Waals surface area contributed by atoms with Gasteiger partial charge in [-0.25, -0.2) is 4.79 Å². The van der Waals surface area contributed by atoms with E-state index >= 15 is 0 Å². The molecule has 32 heavy (non-hydrogen) atoms. The van der Waals surface area contributed by atoms with E-state index in [-0.39, 0.29) is 22.8 Å². The Balaban J connectivity index is 2.22. The number of carbonyl (C=O) groups is 3. The second kappa shape index (κ2) is 8.94. The summed E-state index contributed by atoms with van der Waals surface area (Å²) in [5.74, 6) is -3.99. The van der Waals surface area contributed by atoms with Crippen LogP contribution in [0.4, 0.5) is 5.69 Å². The number of rotatable bonds is 5. The quantitative estimate of drug-likeness (QED) is 0.319. The van der Waals surface area contributed by atoms with Gasteiger partial charge in [-0.2, -0.15) is 0 Å². The third kappa shape index (κ3) is 4.15. The first-order valence-corrected chi connectivity index (χ1v) is 10.3. The Morgan fingerprint density at radius 1 is 1.28 bits per heavy atom. The zero-order chi connectivity index (χ0) is 23.7. The van der Waals surface area contributed by atoms with E-state index in [1.165, 1.54) is 25.3 Å². The summed E-state index contributed by atoms with van der Waals surface area (Å²) in [5.41, 5.74) is 1.75. The van der Waals surface area contributed by atoms with Crippen LogP contribution in [0.5, 0.6) is 0 Å². The smallest absolute Gasteiger partial charge is 0.337 e. The number of hydrogen-bond acceptors (Lipinski definition) is 8. The Bertz CT molecular complexity index is 1050. The topological polar surface area (TPSA) is 125 Å². The van der Waals surface area contributed by atoms with Crippen molar-refractivity contribution in [3.05, 3.63) is 62.5 Å². The second-order valence-corrected chi connectivity index (χ2v) is 8.34. The number of carbonyl (C=O) groups excluding carboxylic acids is 3. The number of benzene rings is 1. The van der Waals surface area contributed by atoms with Gasteiger partial charge in [0.2, 0.25) is 0 Å². The van der Waals surface area contributed by atoms with Crippen LogP contribution in [0.15, 0.2) is 46.8 Å². The van der Waals surface area contributed by atoms with Crippen LogP contribution in [0, 0.1) is 22.0 Å². The Kier molecular flexibility index (Phi) is 6.47. The lowest BCUT2D eigenvalue weighted by molar-refractivity contribution is -0.384. The molecule has 3 rings (SSSR count). The fraction of sp³-hybridized carbons (Fsp3) is 0.435. The molecule has 1 aliphatic heterocycles. The molecule has 0 spiro atoms. The number of Topliss-reactive ketones (excluding diaryl/α,β-unsaturated/α-hetero) is 1.